The lowest BCUT2D eigenvalue weighted by Gasteiger charge is -2.34. The average molecular weight is 230 g/mol. The van der Waals surface area contributed by atoms with E-state index in [9.17, 15) is 9.59 Å². The van der Waals surface area contributed by atoms with E-state index in [-0.39, 0.29) is 11.7 Å². The lowest BCUT2D eigenvalue weighted by Crippen LogP contribution is -2.57. The highest BCUT2D eigenvalue weighted by Gasteiger charge is 2.35. The molecular weight excluding hydrogens is 216 g/mol. The number of hydrogen-bond acceptors (Lipinski definition) is 5. The first kappa shape index (κ1) is 12.5. The molecule has 0 saturated carbocycles. The van der Waals surface area contributed by atoms with E-state index in [0.717, 1.165) is 0 Å². The highest BCUT2D eigenvalue weighted by molar-refractivity contribution is 5.84. The second-order valence-corrected chi connectivity index (χ2v) is 3.48. The number of carboxylic acid groups (broad SMARTS) is 1. The molecule has 0 radical (unpaired) electrons. The van der Waals surface area contributed by atoms with Gasteiger partial charge in [0.15, 0.2) is 0 Å². The van der Waals surface area contributed by atoms with Crippen molar-refractivity contribution in [1.29, 1.82) is 0 Å². The van der Waals surface area contributed by atoms with Crippen LogP contribution in [-0.4, -0.2) is 46.9 Å². The zero-order valence-electron chi connectivity index (χ0n) is 8.71. The van der Waals surface area contributed by atoms with Crippen LogP contribution in [0.5, 0.6) is 0 Å². The van der Waals surface area contributed by atoms with E-state index >= 15 is 0 Å². The van der Waals surface area contributed by atoms with E-state index in [1.807, 2.05) is 0 Å². The second-order valence-electron chi connectivity index (χ2n) is 3.48. The minimum absolute atomic E-state index is 0.312. The Bertz CT molecular complexity index is 328. The summed E-state index contributed by atoms with van der Waals surface area (Å²) in [7, 11) is 0. The summed E-state index contributed by atoms with van der Waals surface area (Å²) in [5.74, 6) is -1.89. The highest BCUT2D eigenvalue weighted by atomic mass is 16.5. The number of carboxylic acids is 1. The molecule has 16 heavy (non-hydrogen) atoms. The molecular formula is C9H14N2O5. The normalized spacial score (nSPS) is 28.9. The fourth-order valence-corrected chi connectivity index (χ4v) is 1.50. The maximum absolute atomic E-state index is 10.9. The van der Waals surface area contributed by atoms with Gasteiger partial charge in [-0.05, 0) is 6.08 Å². The first-order valence-corrected chi connectivity index (χ1v) is 4.71. The van der Waals surface area contributed by atoms with E-state index in [0.29, 0.717) is 0 Å². The van der Waals surface area contributed by atoms with Crippen molar-refractivity contribution < 1.29 is 24.5 Å². The molecule has 0 unspecified atom stereocenters. The monoisotopic (exact) mass is 230 g/mol. The van der Waals surface area contributed by atoms with Gasteiger partial charge in [0.1, 0.15) is 6.10 Å². The van der Waals surface area contributed by atoms with Gasteiger partial charge >= 0.3 is 5.97 Å². The number of carbonyl (C=O) groups excluding carboxylic acids is 1. The zero-order chi connectivity index (χ0) is 12.3. The quantitative estimate of drug-likeness (QED) is 0.453. The van der Waals surface area contributed by atoms with Crippen LogP contribution < -0.4 is 11.1 Å². The molecule has 1 aliphatic heterocycles. The van der Waals surface area contributed by atoms with E-state index in [2.05, 4.69) is 5.32 Å². The van der Waals surface area contributed by atoms with Crippen LogP contribution >= 0.6 is 0 Å². The predicted octanol–water partition coefficient (Wildman–Crippen LogP) is -1.82. The molecule has 0 saturated heterocycles. The Kier molecular flexibility index (Phi) is 3.86. The summed E-state index contributed by atoms with van der Waals surface area (Å²) in [5, 5.41) is 20.3. The Morgan fingerprint density at radius 2 is 2.25 bits per heavy atom. The van der Waals surface area contributed by atoms with Crippen molar-refractivity contribution in [3.63, 3.8) is 0 Å². The van der Waals surface area contributed by atoms with Gasteiger partial charge in [0.25, 0.3) is 0 Å². The largest absolute Gasteiger partial charge is 0.479 e. The van der Waals surface area contributed by atoms with Gasteiger partial charge in [0.2, 0.25) is 11.7 Å². The first-order valence-electron chi connectivity index (χ1n) is 4.71. The fourth-order valence-electron chi connectivity index (χ4n) is 1.50. The van der Waals surface area contributed by atoms with Gasteiger partial charge in [-0.15, -0.1) is 0 Å². The number of nitrogens with two attached hydrogens (primary N) is 1. The highest BCUT2D eigenvalue weighted by Crippen LogP contribution is 2.17. The third-order valence-electron chi connectivity index (χ3n) is 2.20. The van der Waals surface area contributed by atoms with Crippen molar-refractivity contribution in [2.24, 2.45) is 5.73 Å². The summed E-state index contributed by atoms with van der Waals surface area (Å²) >= 11 is 0. The summed E-state index contributed by atoms with van der Waals surface area (Å²) in [4.78, 5) is 21.6. The van der Waals surface area contributed by atoms with Crippen LogP contribution in [-0.2, 0) is 14.3 Å². The molecule has 1 rings (SSSR count). The summed E-state index contributed by atoms with van der Waals surface area (Å²) in [6.45, 7) is 0.876. The lowest BCUT2D eigenvalue weighted by atomic mass is 9.99. The second kappa shape index (κ2) is 4.95. The Balaban J connectivity index is 2.86. The van der Waals surface area contributed by atoms with Gasteiger partial charge in [-0.2, -0.15) is 0 Å². The van der Waals surface area contributed by atoms with E-state index in [1.165, 1.54) is 13.0 Å². The number of carbonyl (C=O) groups is 2. The van der Waals surface area contributed by atoms with Crippen LogP contribution in [0.25, 0.3) is 0 Å². The molecule has 0 aromatic heterocycles. The number of aliphatic hydroxyl groups is 1. The molecule has 0 bridgehead atoms. The number of rotatable bonds is 3. The lowest BCUT2D eigenvalue weighted by molar-refractivity contribution is -0.139. The molecule has 0 aromatic carbocycles. The number of hydrogen-bond donors (Lipinski definition) is 4. The summed E-state index contributed by atoms with van der Waals surface area (Å²) in [6, 6.07) is -1.34. The standard InChI is InChI=1S/C9H14N2O5/c1-4(13)11-8-5(10)2-6(9(14)15)16-7(8)3-12/h2,5,7-8,12H,3,10H2,1H3,(H,11,13)(H,14,15)/t5-,7-,8+/m0/s1. The van der Waals surface area contributed by atoms with Crippen LogP contribution in [0.2, 0.25) is 0 Å². The Labute approximate surface area is 91.9 Å². The van der Waals surface area contributed by atoms with Crippen LogP contribution in [0.1, 0.15) is 6.92 Å². The molecule has 1 heterocycles. The van der Waals surface area contributed by atoms with Crippen molar-refractivity contribution in [1.82, 2.24) is 5.32 Å². The van der Waals surface area contributed by atoms with Crippen LogP contribution in [0.15, 0.2) is 11.8 Å². The van der Waals surface area contributed by atoms with Crippen molar-refractivity contribution in [3.05, 3.63) is 11.8 Å². The molecule has 0 aliphatic carbocycles. The van der Waals surface area contributed by atoms with Crippen LogP contribution in [0.4, 0.5) is 0 Å². The molecule has 90 valence electrons. The van der Waals surface area contributed by atoms with Crippen LogP contribution in [0.3, 0.4) is 0 Å². The Morgan fingerprint density at radius 1 is 1.62 bits per heavy atom. The molecule has 0 fully saturated rings. The van der Waals surface area contributed by atoms with Crippen molar-refractivity contribution >= 4 is 11.9 Å². The van der Waals surface area contributed by atoms with Gasteiger partial charge in [-0.25, -0.2) is 4.79 Å². The molecule has 7 nitrogen and oxygen atoms in total. The number of amides is 1. The van der Waals surface area contributed by atoms with Gasteiger partial charge in [-0.3, -0.25) is 4.79 Å². The third-order valence-corrected chi connectivity index (χ3v) is 2.20. The molecule has 5 N–H and O–H groups in total. The Morgan fingerprint density at radius 3 is 2.69 bits per heavy atom. The van der Waals surface area contributed by atoms with E-state index < -0.39 is 30.8 Å². The Hall–Kier alpha value is -1.60. The summed E-state index contributed by atoms with van der Waals surface area (Å²) in [6.07, 6.45) is 0.352. The minimum Gasteiger partial charge on any atom is -0.479 e. The zero-order valence-corrected chi connectivity index (χ0v) is 8.71. The van der Waals surface area contributed by atoms with Gasteiger partial charge in [0.05, 0.1) is 18.7 Å². The fraction of sp³-hybridized carbons (Fsp3) is 0.556. The van der Waals surface area contributed by atoms with Crippen molar-refractivity contribution in [2.75, 3.05) is 6.61 Å². The number of aliphatic carboxylic acids is 1. The first-order chi connectivity index (χ1) is 7.45. The third kappa shape index (κ3) is 2.71. The molecule has 1 aliphatic rings. The smallest absolute Gasteiger partial charge is 0.370 e. The molecule has 0 aromatic rings. The predicted molar refractivity (Wildman–Crippen MR) is 53.3 cm³/mol. The number of nitrogens with one attached hydrogen (secondary N) is 1. The van der Waals surface area contributed by atoms with Crippen LogP contribution in [0, 0.1) is 0 Å². The molecule has 3 atom stereocenters. The van der Waals surface area contributed by atoms with Gasteiger partial charge in [0, 0.05) is 6.92 Å². The van der Waals surface area contributed by atoms with E-state index in [4.69, 9.17) is 20.7 Å². The van der Waals surface area contributed by atoms with Crippen molar-refractivity contribution in [2.45, 2.75) is 25.1 Å². The van der Waals surface area contributed by atoms with Crippen molar-refractivity contribution in [3.8, 4) is 0 Å². The summed E-state index contributed by atoms with van der Waals surface area (Å²) in [5.41, 5.74) is 5.68. The SMILES string of the molecule is CC(=O)N[C@H]1[C@H](CO)OC(C(=O)O)=C[C@@H]1N. The maximum atomic E-state index is 10.9. The average Bonchev–Trinajstić information content (AvgIpc) is 2.19. The molecule has 1 amide bonds. The number of ether oxygens (including phenoxy) is 1. The maximum Gasteiger partial charge on any atom is 0.370 e. The van der Waals surface area contributed by atoms with Gasteiger partial charge < -0.3 is 26.0 Å². The molecule has 0 spiro atoms. The topological polar surface area (TPSA) is 122 Å². The molecule has 7 heteroatoms. The van der Waals surface area contributed by atoms with E-state index in [1.54, 1.807) is 0 Å². The van der Waals surface area contributed by atoms with Gasteiger partial charge in [-0.1, -0.05) is 0 Å². The minimum atomic E-state index is -1.25. The summed E-state index contributed by atoms with van der Waals surface area (Å²) < 4.78 is 5.00. The number of aliphatic hydroxyl groups excluding tert-OH is 1.